The zero-order chi connectivity index (χ0) is 11.7. The van der Waals surface area contributed by atoms with Crippen LogP contribution in [-0.2, 0) is 0 Å². The van der Waals surface area contributed by atoms with Crippen molar-refractivity contribution in [3.05, 3.63) is 36.4 Å². The van der Waals surface area contributed by atoms with Gasteiger partial charge in [-0.3, -0.25) is 0 Å². The molecule has 0 saturated heterocycles. The number of nitrogen functional groups attached to an aromatic ring is 2. The molecule has 0 aliphatic heterocycles. The summed E-state index contributed by atoms with van der Waals surface area (Å²) < 4.78 is 2.23. The van der Waals surface area contributed by atoms with Gasteiger partial charge in [-0.15, -0.1) is 0 Å². The maximum absolute atomic E-state index is 5.73. The third-order valence-electron chi connectivity index (χ3n) is 2.33. The van der Waals surface area contributed by atoms with Gasteiger partial charge in [0, 0.05) is 0 Å². The molecule has 2 aromatic carbocycles. The Bertz CT molecular complexity index is 489. The summed E-state index contributed by atoms with van der Waals surface area (Å²) in [7, 11) is 0. The van der Waals surface area contributed by atoms with Gasteiger partial charge in [-0.05, 0) is 0 Å². The van der Waals surface area contributed by atoms with Crippen LogP contribution >= 0.6 is 0 Å². The molecule has 0 spiro atoms. The Morgan fingerprint density at radius 2 is 1.06 bits per heavy atom. The molecule has 0 heterocycles. The molecule has 0 aromatic heterocycles. The van der Waals surface area contributed by atoms with Crippen LogP contribution in [0.15, 0.2) is 36.4 Å². The van der Waals surface area contributed by atoms with Crippen LogP contribution in [-0.4, -0.2) is 33.7 Å². The van der Waals surface area contributed by atoms with Crippen molar-refractivity contribution in [1.29, 1.82) is 0 Å². The summed E-state index contributed by atoms with van der Waals surface area (Å²) in [4.78, 5) is 0. The number of hydrogen-bond donors (Lipinski definition) is 2. The van der Waals surface area contributed by atoms with E-state index >= 15 is 0 Å². The summed E-state index contributed by atoms with van der Waals surface area (Å²) in [5.41, 5.74) is 15.4. The second kappa shape index (κ2) is 4.57. The van der Waals surface area contributed by atoms with Gasteiger partial charge in [0.05, 0.1) is 0 Å². The molecule has 0 saturated carbocycles. The predicted molar refractivity (Wildman–Crippen MR) is 71.5 cm³/mol. The van der Waals surface area contributed by atoms with E-state index in [9.17, 15) is 0 Å². The molecule has 0 amide bonds. The molecule has 4 radical (unpaired) electrons. The van der Waals surface area contributed by atoms with Crippen molar-refractivity contribution in [2.75, 3.05) is 11.5 Å². The minimum absolute atomic E-state index is 0.780. The average Bonchev–Trinajstić information content (AvgIpc) is 2.19. The third kappa shape index (κ3) is 2.29. The Labute approximate surface area is 112 Å². The molecule has 2 nitrogen and oxygen atoms in total. The summed E-state index contributed by atoms with van der Waals surface area (Å²) in [6.07, 6.45) is 0. The monoisotopic (exact) mass is 332 g/mol. The Morgan fingerprint density at radius 1 is 0.688 bits per heavy atom. The van der Waals surface area contributed by atoms with Crippen LogP contribution in [0.5, 0.6) is 0 Å². The number of anilines is 2. The first-order chi connectivity index (χ1) is 7.58. The molecule has 0 aliphatic rings. The Morgan fingerprint density at radius 3 is 1.38 bits per heavy atom. The first-order valence-corrected chi connectivity index (χ1v) is 6.63. The second-order valence-electron chi connectivity index (χ2n) is 3.55. The predicted octanol–water partition coefficient (Wildman–Crippen LogP) is 0.106. The molecule has 16 heavy (non-hydrogen) atoms. The zero-order valence-electron chi connectivity index (χ0n) is 8.51. The molecule has 2 rings (SSSR count). The van der Waals surface area contributed by atoms with Crippen LogP contribution in [0.1, 0.15) is 0 Å². The normalized spacial score (nSPS) is 10.4. The van der Waals surface area contributed by atoms with Crippen LogP contribution in [0, 0.1) is 0 Å². The number of rotatable bonds is 1. The van der Waals surface area contributed by atoms with Gasteiger partial charge in [0.15, 0.2) is 0 Å². The van der Waals surface area contributed by atoms with Gasteiger partial charge in [-0.2, -0.15) is 0 Å². The summed E-state index contributed by atoms with van der Waals surface area (Å²) >= 11 is 5.10. The molecule has 2 aromatic rings. The molecule has 0 bridgehead atoms. The minimum atomic E-state index is 0.780. The van der Waals surface area contributed by atoms with E-state index in [1.54, 1.807) is 0 Å². The summed E-state index contributed by atoms with van der Waals surface area (Å²) in [6, 6.07) is 11.8. The van der Waals surface area contributed by atoms with Crippen LogP contribution in [0.3, 0.4) is 0 Å². The topological polar surface area (TPSA) is 52.0 Å². The summed E-state index contributed by atoms with van der Waals surface area (Å²) in [5, 5.41) is 0. The Balaban J connectivity index is 2.59. The summed E-state index contributed by atoms with van der Waals surface area (Å²) in [5.74, 6) is 0. The first-order valence-electron chi connectivity index (χ1n) is 4.75. The SMILES string of the molecule is Nc1ccc(-c2ccc(N)cc2[As])c([As])c1. The molecule has 0 aliphatic carbocycles. The van der Waals surface area contributed by atoms with Crippen molar-refractivity contribution in [3.63, 3.8) is 0 Å². The Hall–Kier alpha value is -0.843. The maximum atomic E-state index is 5.73. The van der Waals surface area contributed by atoms with Gasteiger partial charge in [-0.25, -0.2) is 0 Å². The van der Waals surface area contributed by atoms with E-state index in [0.29, 0.717) is 0 Å². The van der Waals surface area contributed by atoms with Gasteiger partial charge < -0.3 is 0 Å². The molecule has 4 N–H and O–H groups in total. The third-order valence-corrected chi connectivity index (χ3v) is 3.89. The zero-order valence-corrected chi connectivity index (χ0v) is 12.3. The fraction of sp³-hybridized carbons (Fsp3) is 0. The first kappa shape index (κ1) is 11.6. The standard InChI is InChI=1S/C12H10As2N2/c13-11-5-7(15)1-3-9(11)10-4-2-8(16)6-12(10)14/h1-6H,15-16H2. The van der Waals surface area contributed by atoms with Crippen LogP contribution in [0.4, 0.5) is 11.4 Å². The van der Waals surface area contributed by atoms with E-state index in [2.05, 4.69) is 33.7 Å². The van der Waals surface area contributed by atoms with Crippen molar-refractivity contribution in [2.24, 2.45) is 0 Å². The van der Waals surface area contributed by atoms with E-state index in [4.69, 9.17) is 11.5 Å². The van der Waals surface area contributed by atoms with Crippen molar-refractivity contribution in [3.8, 4) is 11.1 Å². The van der Waals surface area contributed by atoms with Crippen molar-refractivity contribution in [1.82, 2.24) is 0 Å². The van der Waals surface area contributed by atoms with E-state index in [1.807, 2.05) is 36.4 Å². The van der Waals surface area contributed by atoms with E-state index in [0.717, 1.165) is 20.1 Å². The number of hydrogen-bond acceptors (Lipinski definition) is 2. The van der Waals surface area contributed by atoms with E-state index in [1.165, 1.54) is 11.1 Å². The van der Waals surface area contributed by atoms with Gasteiger partial charge in [0.1, 0.15) is 0 Å². The average molecular weight is 332 g/mol. The van der Waals surface area contributed by atoms with Gasteiger partial charge in [0.2, 0.25) is 0 Å². The van der Waals surface area contributed by atoms with Crippen molar-refractivity contribution >= 4 is 53.8 Å². The van der Waals surface area contributed by atoms with Crippen molar-refractivity contribution < 1.29 is 0 Å². The van der Waals surface area contributed by atoms with Crippen LogP contribution in [0.2, 0.25) is 0 Å². The quantitative estimate of drug-likeness (QED) is 0.575. The molecule has 0 unspecified atom stereocenters. The molecule has 4 heteroatoms. The number of benzene rings is 2. The second-order valence-corrected chi connectivity index (χ2v) is 5.57. The van der Waals surface area contributed by atoms with Gasteiger partial charge in [0.25, 0.3) is 0 Å². The van der Waals surface area contributed by atoms with Gasteiger partial charge >= 0.3 is 113 Å². The number of nitrogens with two attached hydrogens (primary N) is 2. The molecular formula is C12H10As2N2. The van der Waals surface area contributed by atoms with E-state index < -0.39 is 0 Å². The van der Waals surface area contributed by atoms with Crippen LogP contribution in [0.25, 0.3) is 11.1 Å². The molecular weight excluding hydrogens is 322 g/mol. The van der Waals surface area contributed by atoms with Crippen molar-refractivity contribution in [2.45, 2.75) is 0 Å². The van der Waals surface area contributed by atoms with Crippen LogP contribution < -0.4 is 20.2 Å². The fourth-order valence-electron chi connectivity index (χ4n) is 1.55. The molecule has 0 atom stereocenters. The van der Waals surface area contributed by atoms with E-state index in [-0.39, 0.29) is 0 Å². The fourth-order valence-corrected chi connectivity index (χ4v) is 3.00. The molecule has 78 valence electrons. The Kier molecular flexibility index (Phi) is 3.32. The molecule has 0 fully saturated rings. The summed E-state index contributed by atoms with van der Waals surface area (Å²) in [6.45, 7) is 0. The van der Waals surface area contributed by atoms with Gasteiger partial charge in [-0.1, -0.05) is 0 Å².